The zero-order valence-corrected chi connectivity index (χ0v) is 11.0. The largest absolute Gasteiger partial charge is 0.294 e. The molecule has 0 spiro atoms. The monoisotopic (exact) mass is 243 g/mol. The summed E-state index contributed by atoms with van der Waals surface area (Å²) in [6.07, 6.45) is 0. The third-order valence-electron chi connectivity index (χ3n) is 2.08. The minimum absolute atomic E-state index is 0.620. The first-order chi connectivity index (χ1) is 8.61. The lowest BCUT2D eigenvalue weighted by Gasteiger charge is -1.99. The molecule has 0 heterocycles. The Morgan fingerprint density at radius 3 is 2.17 bits per heavy atom. The van der Waals surface area contributed by atoms with Gasteiger partial charge in [-0.15, -0.1) is 0 Å². The molecule has 0 saturated heterocycles. The Balaban J connectivity index is 0.000000360. The normalized spacial score (nSPS) is 8.72. The van der Waals surface area contributed by atoms with Crippen LogP contribution in [0.4, 0.5) is 0 Å². The van der Waals surface area contributed by atoms with Crippen molar-refractivity contribution in [2.24, 2.45) is 9.98 Å². The summed E-state index contributed by atoms with van der Waals surface area (Å²) in [6.45, 7) is 17.1. The highest BCUT2D eigenvalue weighted by Crippen LogP contribution is 2.01. The molecule has 96 valence electrons. The zero-order chi connectivity index (χ0) is 13.8. The Kier molecular flexibility index (Phi) is 9.04. The first-order valence-electron chi connectivity index (χ1n) is 5.60. The lowest BCUT2D eigenvalue weighted by Crippen LogP contribution is -2.12. The molecule has 0 bridgehead atoms. The molecule has 3 nitrogen and oxygen atoms in total. The molecule has 0 amide bonds. The highest BCUT2D eigenvalue weighted by atomic mass is 15.0. The van der Waals surface area contributed by atoms with Crippen LogP contribution < -0.4 is 5.32 Å². The molecule has 0 aliphatic heterocycles. The summed E-state index contributed by atoms with van der Waals surface area (Å²) in [5.74, 6) is 0. The van der Waals surface area contributed by atoms with E-state index in [1.807, 2.05) is 25.1 Å². The van der Waals surface area contributed by atoms with Crippen molar-refractivity contribution >= 4 is 13.4 Å². The van der Waals surface area contributed by atoms with Crippen LogP contribution in [0.3, 0.4) is 0 Å². The fourth-order valence-electron chi connectivity index (χ4n) is 1.01. The van der Waals surface area contributed by atoms with Gasteiger partial charge in [0.1, 0.15) is 0 Å². The van der Waals surface area contributed by atoms with Gasteiger partial charge in [-0.25, -0.2) is 0 Å². The number of hydrogen-bond acceptors (Lipinski definition) is 3. The smallest absolute Gasteiger partial charge is 0.0879 e. The van der Waals surface area contributed by atoms with Crippen molar-refractivity contribution in [1.29, 1.82) is 0 Å². The van der Waals surface area contributed by atoms with E-state index in [-0.39, 0.29) is 0 Å². The maximum absolute atomic E-state index is 3.69. The van der Waals surface area contributed by atoms with Crippen LogP contribution >= 0.6 is 0 Å². The van der Waals surface area contributed by atoms with Crippen LogP contribution in [-0.2, 0) is 6.54 Å². The summed E-state index contributed by atoms with van der Waals surface area (Å²) < 4.78 is 0. The topological polar surface area (TPSA) is 36.8 Å². The highest BCUT2D eigenvalue weighted by molar-refractivity contribution is 5.34. The second-order valence-electron chi connectivity index (χ2n) is 3.68. The third-order valence-corrected chi connectivity index (χ3v) is 2.08. The van der Waals surface area contributed by atoms with Gasteiger partial charge in [0.15, 0.2) is 0 Å². The van der Waals surface area contributed by atoms with Crippen LogP contribution in [0, 0.1) is 0 Å². The number of rotatable bonds is 6. The quantitative estimate of drug-likeness (QED) is 0.465. The van der Waals surface area contributed by atoms with E-state index in [9.17, 15) is 0 Å². The number of nitrogens with one attached hydrogen (secondary N) is 1. The van der Waals surface area contributed by atoms with E-state index in [0.717, 1.165) is 12.1 Å². The lowest BCUT2D eigenvalue weighted by atomic mass is 10.2. The predicted octanol–water partition coefficient (Wildman–Crippen LogP) is 3.21. The number of allylic oxidation sites excluding steroid dienone is 1. The Bertz CT molecular complexity index is 393. The summed E-state index contributed by atoms with van der Waals surface area (Å²) in [6, 6.07) is 10.2. The minimum atomic E-state index is 0.620. The average molecular weight is 243 g/mol. The molecule has 0 aliphatic rings. The highest BCUT2D eigenvalue weighted by Gasteiger charge is 1.86. The van der Waals surface area contributed by atoms with E-state index in [0.29, 0.717) is 12.4 Å². The maximum atomic E-state index is 3.69. The van der Waals surface area contributed by atoms with Crippen molar-refractivity contribution in [3.63, 3.8) is 0 Å². The number of hydrogen-bond donors (Lipinski definition) is 1. The van der Waals surface area contributed by atoms with Crippen LogP contribution in [0.15, 0.2) is 64.7 Å². The van der Waals surface area contributed by atoms with Gasteiger partial charge in [0.05, 0.1) is 12.4 Å². The first-order valence-corrected chi connectivity index (χ1v) is 5.60. The molecule has 0 radical (unpaired) electrons. The summed E-state index contributed by atoms with van der Waals surface area (Å²) >= 11 is 0. The third kappa shape index (κ3) is 8.19. The zero-order valence-electron chi connectivity index (χ0n) is 11.0. The van der Waals surface area contributed by atoms with Crippen LogP contribution in [0.2, 0.25) is 0 Å². The van der Waals surface area contributed by atoms with Gasteiger partial charge in [-0.2, -0.15) is 0 Å². The standard InChI is InChI=1S/C9H12N2.C6H9N/c1-10-8-11-7-9-5-3-2-4-6-9;1-5(2)6(3)7-4/h2-6,11H,1,7-8H2;1,3-4H2,2H3. The van der Waals surface area contributed by atoms with Crippen LogP contribution in [0.5, 0.6) is 0 Å². The molecular weight excluding hydrogens is 222 g/mol. The van der Waals surface area contributed by atoms with Gasteiger partial charge >= 0.3 is 0 Å². The van der Waals surface area contributed by atoms with Crippen molar-refractivity contribution in [1.82, 2.24) is 5.32 Å². The number of benzene rings is 1. The molecule has 1 aromatic carbocycles. The molecule has 1 N–H and O–H groups in total. The molecular formula is C15H21N3. The van der Waals surface area contributed by atoms with E-state index >= 15 is 0 Å². The first kappa shape index (κ1) is 16.0. The van der Waals surface area contributed by atoms with Gasteiger partial charge in [-0.1, -0.05) is 43.5 Å². The Morgan fingerprint density at radius 1 is 1.17 bits per heavy atom. The lowest BCUT2D eigenvalue weighted by molar-refractivity contribution is 0.713. The van der Waals surface area contributed by atoms with Crippen molar-refractivity contribution in [3.05, 3.63) is 60.3 Å². The predicted molar refractivity (Wildman–Crippen MR) is 81.2 cm³/mol. The van der Waals surface area contributed by atoms with E-state index in [4.69, 9.17) is 0 Å². The molecule has 0 aromatic heterocycles. The van der Waals surface area contributed by atoms with Gasteiger partial charge in [-0.05, 0) is 31.5 Å². The summed E-state index contributed by atoms with van der Waals surface area (Å²) in [7, 11) is 0. The Labute approximate surface area is 110 Å². The van der Waals surface area contributed by atoms with Crippen molar-refractivity contribution in [3.8, 4) is 0 Å². The molecule has 1 aromatic rings. The Hall–Kier alpha value is -2.00. The van der Waals surface area contributed by atoms with Gasteiger partial charge in [0, 0.05) is 6.54 Å². The average Bonchev–Trinajstić information content (AvgIpc) is 2.40. The number of nitrogens with zero attached hydrogens (tertiary/aromatic N) is 2. The molecule has 0 aliphatic carbocycles. The molecule has 18 heavy (non-hydrogen) atoms. The van der Waals surface area contributed by atoms with E-state index < -0.39 is 0 Å². The fourth-order valence-corrected chi connectivity index (χ4v) is 1.01. The SMILES string of the molecule is C=NC(=C)C(=C)C.C=NCNCc1ccccc1. The molecule has 1 rings (SSSR count). The minimum Gasteiger partial charge on any atom is -0.294 e. The summed E-state index contributed by atoms with van der Waals surface area (Å²) in [5, 5.41) is 3.12. The van der Waals surface area contributed by atoms with Crippen molar-refractivity contribution < 1.29 is 0 Å². The van der Waals surface area contributed by atoms with Gasteiger partial charge in [-0.3, -0.25) is 15.3 Å². The van der Waals surface area contributed by atoms with Crippen LogP contribution in [0.25, 0.3) is 0 Å². The van der Waals surface area contributed by atoms with E-state index in [2.05, 4.69) is 54.0 Å². The van der Waals surface area contributed by atoms with Crippen molar-refractivity contribution in [2.75, 3.05) is 6.67 Å². The summed E-state index contributed by atoms with van der Waals surface area (Å²) in [5.41, 5.74) is 2.81. The number of aliphatic imine (C=N–C) groups is 2. The van der Waals surface area contributed by atoms with Gasteiger partial charge in [0.2, 0.25) is 0 Å². The van der Waals surface area contributed by atoms with Crippen LogP contribution in [0.1, 0.15) is 12.5 Å². The van der Waals surface area contributed by atoms with Crippen molar-refractivity contribution in [2.45, 2.75) is 13.5 Å². The molecule has 0 fully saturated rings. The van der Waals surface area contributed by atoms with E-state index in [1.54, 1.807) is 0 Å². The van der Waals surface area contributed by atoms with Gasteiger partial charge in [0.25, 0.3) is 0 Å². The molecule has 0 saturated carbocycles. The Morgan fingerprint density at radius 2 is 1.78 bits per heavy atom. The molecule has 3 heteroatoms. The molecule has 0 atom stereocenters. The van der Waals surface area contributed by atoms with Gasteiger partial charge < -0.3 is 0 Å². The maximum Gasteiger partial charge on any atom is 0.0879 e. The van der Waals surface area contributed by atoms with Crippen LogP contribution in [-0.4, -0.2) is 20.1 Å². The second kappa shape index (κ2) is 10.2. The second-order valence-corrected chi connectivity index (χ2v) is 3.68. The molecule has 0 unspecified atom stereocenters. The summed E-state index contributed by atoms with van der Waals surface area (Å²) in [4.78, 5) is 7.23. The fraction of sp³-hybridized carbons (Fsp3) is 0.200. The van der Waals surface area contributed by atoms with E-state index in [1.165, 1.54) is 5.56 Å².